The molecular weight excluding hydrogens is 178 g/mol. The molecule has 0 radical (unpaired) electrons. The number of hydrogen-bond donors (Lipinski definition) is 1. The Labute approximate surface area is 83.8 Å². The lowest BCUT2D eigenvalue weighted by Crippen LogP contribution is -2.05. The molecule has 0 unspecified atom stereocenters. The van der Waals surface area contributed by atoms with E-state index in [1.54, 1.807) is 0 Å². The molecule has 14 heavy (non-hydrogen) atoms. The number of ether oxygens (including phenoxy) is 2. The maximum atomic E-state index is 5.82. The fourth-order valence-electron chi connectivity index (χ4n) is 1.74. The van der Waals surface area contributed by atoms with Gasteiger partial charge in [0.05, 0.1) is 12.3 Å². The zero-order valence-corrected chi connectivity index (χ0v) is 8.54. The molecule has 2 rings (SSSR count). The van der Waals surface area contributed by atoms with Gasteiger partial charge in [0.2, 0.25) is 0 Å². The van der Waals surface area contributed by atoms with E-state index in [2.05, 4.69) is 6.92 Å². The second-order valence-electron chi connectivity index (χ2n) is 3.56. The molecule has 0 fully saturated rings. The van der Waals surface area contributed by atoms with Crippen LogP contribution in [-0.4, -0.2) is 12.7 Å². The van der Waals surface area contributed by atoms with Gasteiger partial charge in [-0.15, -0.1) is 0 Å². The van der Waals surface area contributed by atoms with E-state index in [0.29, 0.717) is 12.3 Å². The highest BCUT2D eigenvalue weighted by Gasteiger charge is 2.20. The third-order valence-electron chi connectivity index (χ3n) is 2.33. The first kappa shape index (κ1) is 9.19. The van der Waals surface area contributed by atoms with Crippen molar-refractivity contribution in [3.05, 3.63) is 17.7 Å². The van der Waals surface area contributed by atoms with Gasteiger partial charge in [-0.2, -0.15) is 0 Å². The summed E-state index contributed by atoms with van der Waals surface area (Å²) in [5, 5.41) is 0. The van der Waals surface area contributed by atoms with Gasteiger partial charge in [0.1, 0.15) is 17.6 Å². The summed E-state index contributed by atoms with van der Waals surface area (Å²) < 4.78 is 11.0. The second kappa shape index (κ2) is 3.40. The standard InChI is InChI=1S/C11H15NO2/c1-3-13-11-5-8-4-7(2)14-10(8)6-9(11)12/h5-7H,3-4,12H2,1-2H3/t7-/m0/s1. The van der Waals surface area contributed by atoms with Crippen molar-refractivity contribution in [1.29, 1.82) is 0 Å². The van der Waals surface area contributed by atoms with Gasteiger partial charge in [-0.25, -0.2) is 0 Å². The van der Waals surface area contributed by atoms with E-state index in [-0.39, 0.29) is 6.10 Å². The molecule has 0 saturated carbocycles. The Bertz CT molecular complexity index is 349. The van der Waals surface area contributed by atoms with Crippen LogP contribution in [-0.2, 0) is 6.42 Å². The topological polar surface area (TPSA) is 44.5 Å². The molecule has 0 saturated heterocycles. The van der Waals surface area contributed by atoms with Gasteiger partial charge >= 0.3 is 0 Å². The average Bonchev–Trinajstić information content (AvgIpc) is 2.45. The molecule has 76 valence electrons. The van der Waals surface area contributed by atoms with Crippen molar-refractivity contribution < 1.29 is 9.47 Å². The molecular formula is C11H15NO2. The minimum Gasteiger partial charge on any atom is -0.492 e. The molecule has 2 N–H and O–H groups in total. The largest absolute Gasteiger partial charge is 0.492 e. The number of hydrogen-bond acceptors (Lipinski definition) is 3. The first-order chi connectivity index (χ1) is 6.70. The summed E-state index contributed by atoms with van der Waals surface area (Å²) >= 11 is 0. The highest BCUT2D eigenvalue weighted by molar-refractivity contribution is 5.60. The fraction of sp³-hybridized carbons (Fsp3) is 0.455. The third kappa shape index (κ3) is 1.50. The van der Waals surface area contributed by atoms with Gasteiger partial charge in [0, 0.05) is 18.1 Å². The van der Waals surface area contributed by atoms with E-state index in [4.69, 9.17) is 15.2 Å². The van der Waals surface area contributed by atoms with Crippen LogP contribution in [0.3, 0.4) is 0 Å². The molecule has 3 heteroatoms. The average molecular weight is 193 g/mol. The molecule has 1 heterocycles. The van der Waals surface area contributed by atoms with Crippen LogP contribution in [0, 0.1) is 0 Å². The van der Waals surface area contributed by atoms with Gasteiger partial charge in [-0.05, 0) is 19.9 Å². The number of benzene rings is 1. The van der Waals surface area contributed by atoms with E-state index in [9.17, 15) is 0 Å². The SMILES string of the molecule is CCOc1cc2c(cc1N)O[C@@H](C)C2. The zero-order chi connectivity index (χ0) is 10.1. The van der Waals surface area contributed by atoms with Crippen molar-refractivity contribution >= 4 is 5.69 Å². The lowest BCUT2D eigenvalue weighted by atomic mass is 10.1. The van der Waals surface area contributed by atoms with Crippen LogP contribution in [0.25, 0.3) is 0 Å². The molecule has 1 aliphatic rings. The van der Waals surface area contributed by atoms with Crippen molar-refractivity contribution in [3.63, 3.8) is 0 Å². The van der Waals surface area contributed by atoms with Gasteiger partial charge in [-0.1, -0.05) is 0 Å². The molecule has 0 spiro atoms. The summed E-state index contributed by atoms with van der Waals surface area (Å²) in [4.78, 5) is 0. The first-order valence-electron chi connectivity index (χ1n) is 4.92. The number of nitrogens with two attached hydrogens (primary N) is 1. The Morgan fingerprint density at radius 2 is 2.36 bits per heavy atom. The quantitative estimate of drug-likeness (QED) is 0.730. The minimum atomic E-state index is 0.251. The summed E-state index contributed by atoms with van der Waals surface area (Å²) in [5.41, 5.74) is 7.66. The monoisotopic (exact) mass is 193 g/mol. The Kier molecular flexibility index (Phi) is 2.23. The summed E-state index contributed by atoms with van der Waals surface area (Å²) in [6.45, 7) is 4.64. The first-order valence-corrected chi connectivity index (χ1v) is 4.92. The summed E-state index contributed by atoms with van der Waals surface area (Å²) in [6, 6.07) is 3.83. The molecule has 0 bridgehead atoms. The molecule has 1 aromatic carbocycles. The summed E-state index contributed by atoms with van der Waals surface area (Å²) in [5.74, 6) is 1.67. The highest BCUT2D eigenvalue weighted by atomic mass is 16.5. The van der Waals surface area contributed by atoms with Crippen molar-refractivity contribution in [1.82, 2.24) is 0 Å². The Morgan fingerprint density at radius 1 is 1.57 bits per heavy atom. The maximum absolute atomic E-state index is 5.82. The van der Waals surface area contributed by atoms with Crippen molar-refractivity contribution in [3.8, 4) is 11.5 Å². The van der Waals surface area contributed by atoms with E-state index < -0.39 is 0 Å². The second-order valence-corrected chi connectivity index (χ2v) is 3.56. The van der Waals surface area contributed by atoms with Gasteiger partial charge in [-0.3, -0.25) is 0 Å². The number of anilines is 1. The molecule has 0 aromatic heterocycles. The Balaban J connectivity index is 2.35. The fourth-order valence-corrected chi connectivity index (χ4v) is 1.74. The number of nitrogen functional groups attached to an aromatic ring is 1. The van der Waals surface area contributed by atoms with E-state index in [0.717, 1.165) is 17.9 Å². The third-order valence-corrected chi connectivity index (χ3v) is 2.33. The van der Waals surface area contributed by atoms with Crippen LogP contribution in [0.5, 0.6) is 11.5 Å². The van der Waals surface area contributed by atoms with E-state index in [1.165, 1.54) is 5.56 Å². The Morgan fingerprint density at radius 3 is 3.07 bits per heavy atom. The molecule has 1 atom stereocenters. The number of fused-ring (bicyclic) bond motifs is 1. The van der Waals surface area contributed by atoms with Crippen LogP contribution >= 0.6 is 0 Å². The highest BCUT2D eigenvalue weighted by Crippen LogP contribution is 2.36. The van der Waals surface area contributed by atoms with Crippen LogP contribution in [0.15, 0.2) is 12.1 Å². The smallest absolute Gasteiger partial charge is 0.142 e. The van der Waals surface area contributed by atoms with E-state index in [1.807, 2.05) is 19.1 Å². The van der Waals surface area contributed by atoms with Gasteiger partial charge in [0.25, 0.3) is 0 Å². The summed E-state index contributed by atoms with van der Waals surface area (Å²) in [6.07, 6.45) is 1.19. The summed E-state index contributed by atoms with van der Waals surface area (Å²) in [7, 11) is 0. The minimum absolute atomic E-state index is 0.251. The van der Waals surface area contributed by atoms with Crippen molar-refractivity contribution in [2.75, 3.05) is 12.3 Å². The van der Waals surface area contributed by atoms with Gasteiger partial charge < -0.3 is 15.2 Å². The normalized spacial score (nSPS) is 18.9. The molecule has 1 aromatic rings. The molecule has 0 aliphatic carbocycles. The van der Waals surface area contributed by atoms with Crippen LogP contribution < -0.4 is 15.2 Å². The molecule has 3 nitrogen and oxygen atoms in total. The Hall–Kier alpha value is -1.38. The zero-order valence-electron chi connectivity index (χ0n) is 8.54. The predicted octanol–water partition coefficient (Wildman–Crippen LogP) is 1.99. The molecule has 1 aliphatic heterocycles. The van der Waals surface area contributed by atoms with Crippen molar-refractivity contribution in [2.45, 2.75) is 26.4 Å². The van der Waals surface area contributed by atoms with Gasteiger partial charge in [0.15, 0.2) is 0 Å². The van der Waals surface area contributed by atoms with E-state index >= 15 is 0 Å². The van der Waals surface area contributed by atoms with Crippen LogP contribution in [0.1, 0.15) is 19.4 Å². The van der Waals surface area contributed by atoms with Crippen LogP contribution in [0.2, 0.25) is 0 Å². The maximum Gasteiger partial charge on any atom is 0.142 e. The van der Waals surface area contributed by atoms with Crippen molar-refractivity contribution in [2.24, 2.45) is 0 Å². The lowest BCUT2D eigenvalue weighted by molar-refractivity contribution is 0.254. The number of rotatable bonds is 2. The predicted molar refractivity (Wildman–Crippen MR) is 55.8 cm³/mol. The van der Waals surface area contributed by atoms with Crippen LogP contribution in [0.4, 0.5) is 5.69 Å². The molecule has 0 amide bonds. The lowest BCUT2D eigenvalue weighted by Gasteiger charge is -2.08.